The third-order valence-corrected chi connectivity index (χ3v) is 7.70. The van der Waals surface area contributed by atoms with Gasteiger partial charge in [0.2, 0.25) is 5.91 Å². The van der Waals surface area contributed by atoms with E-state index in [1.807, 2.05) is 12.4 Å². The van der Waals surface area contributed by atoms with Crippen molar-refractivity contribution in [1.82, 2.24) is 9.88 Å². The third-order valence-electron chi connectivity index (χ3n) is 7.70. The van der Waals surface area contributed by atoms with Crippen molar-refractivity contribution >= 4 is 5.91 Å². The summed E-state index contributed by atoms with van der Waals surface area (Å²) in [5.41, 5.74) is 0.955. The van der Waals surface area contributed by atoms with E-state index in [0.717, 1.165) is 52.0 Å². The van der Waals surface area contributed by atoms with Gasteiger partial charge in [-0.25, -0.2) is 0 Å². The minimum Gasteiger partial charge on any atom is -0.390 e. The van der Waals surface area contributed by atoms with Crippen molar-refractivity contribution in [3.05, 3.63) is 30.1 Å². The molecule has 0 spiro atoms. The van der Waals surface area contributed by atoms with Gasteiger partial charge < -0.3 is 14.9 Å². The van der Waals surface area contributed by atoms with Crippen LogP contribution in [0.25, 0.3) is 0 Å². The van der Waals surface area contributed by atoms with Crippen LogP contribution in [0.15, 0.2) is 24.5 Å². The van der Waals surface area contributed by atoms with Crippen molar-refractivity contribution in [3.63, 3.8) is 0 Å². The topological polar surface area (TPSA) is 57.9 Å². The normalized spacial score (nSPS) is 38.3. The van der Waals surface area contributed by atoms with Gasteiger partial charge in [0.25, 0.3) is 0 Å². The Morgan fingerprint density at radius 1 is 1.15 bits per heavy atom. The summed E-state index contributed by atoms with van der Waals surface area (Å²) in [7, 11) is 0. The Morgan fingerprint density at radius 2 is 1.81 bits per heavy atom. The SMILES string of the molecule is O=C(CC12C[C@@H]3C[C@@H](CC(O)(C3)C1)C2)N1CC[NH+](Cc2ccncc2)CC1. The molecule has 146 valence electrons. The lowest BCUT2D eigenvalue weighted by Gasteiger charge is -2.60. The molecule has 1 amide bonds. The number of quaternary nitrogens is 1. The zero-order chi connectivity index (χ0) is 18.5. The number of aromatic nitrogens is 1. The van der Waals surface area contributed by atoms with Gasteiger partial charge in [-0.05, 0) is 67.9 Å². The van der Waals surface area contributed by atoms with Gasteiger partial charge in [-0.1, -0.05) is 0 Å². The van der Waals surface area contributed by atoms with E-state index in [1.54, 1.807) is 4.90 Å². The second-order valence-electron chi connectivity index (χ2n) is 10.0. The van der Waals surface area contributed by atoms with Gasteiger partial charge in [-0.3, -0.25) is 9.78 Å². The highest BCUT2D eigenvalue weighted by atomic mass is 16.3. The first-order valence-corrected chi connectivity index (χ1v) is 10.7. The molecule has 1 aromatic rings. The first kappa shape index (κ1) is 17.6. The van der Waals surface area contributed by atoms with Gasteiger partial charge in [0.15, 0.2) is 0 Å². The number of hydrogen-bond donors (Lipinski definition) is 2. The predicted molar refractivity (Wildman–Crippen MR) is 102 cm³/mol. The average molecular weight is 371 g/mol. The van der Waals surface area contributed by atoms with E-state index in [1.165, 1.54) is 24.8 Å². The summed E-state index contributed by atoms with van der Waals surface area (Å²) in [5.74, 6) is 1.65. The standard InChI is InChI=1S/C22H31N3O2/c26-20(14-21-10-18-9-19(11-21)13-22(27,12-18)16-21)25-7-5-24(6-8-25)15-17-1-3-23-4-2-17/h1-4,18-19,27H,5-16H2/p+1/t18-,19+,21?,22?. The van der Waals surface area contributed by atoms with Crippen LogP contribution in [0.2, 0.25) is 0 Å². The maximum Gasteiger partial charge on any atom is 0.223 e. The Kier molecular flexibility index (Phi) is 4.28. The van der Waals surface area contributed by atoms with Crippen LogP contribution in [0.3, 0.4) is 0 Å². The van der Waals surface area contributed by atoms with Crippen molar-refractivity contribution in [2.24, 2.45) is 17.3 Å². The molecule has 4 bridgehead atoms. The second-order valence-corrected chi connectivity index (χ2v) is 10.0. The van der Waals surface area contributed by atoms with Crippen LogP contribution in [0, 0.1) is 17.3 Å². The molecule has 2 heterocycles. The zero-order valence-corrected chi connectivity index (χ0v) is 16.2. The number of piperazine rings is 1. The predicted octanol–water partition coefficient (Wildman–Crippen LogP) is 1.03. The number of pyridine rings is 1. The number of carbonyl (C=O) groups excluding carboxylic acids is 1. The fraction of sp³-hybridized carbons (Fsp3) is 0.727. The molecule has 0 aromatic carbocycles. The lowest BCUT2D eigenvalue weighted by molar-refractivity contribution is -0.917. The van der Waals surface area contributed by atoms with Gasteiger partial charge >= 0.3 is 0 Å². The molecule has 1 aromatic heterocycles. The average Bonchev–Trinajstić information content (AvgIpc) is 2.60. The molecule has 5 fully saturated rings. The highest BCUT2D eigenvalue weighted by Crippen LogP contribution is 2.62. The van der Waals surface area contributed by atoms with E-state index in [2.05, 4.69) is 22.0 Å². The highest BCUT2D eigenvalue weighted by molar-refractivity contribution is 5.77. The summed E-state index contributed by atoms with van der Waals surface area (Å²) in [4.78, 5) is 20.8. The fourth-order valence-corrected chi connectivity index (χ4v) is 7.08. The molecular formula is C22H32N3O2+. The Balaban J connectivity index is 1.17. The molecule has 27 heavy (non-hydrogen) atoms. The molecule has 4 atom stereocenters. The maximum absolute atomic E-state index is 13.1. The van der Waals surface area contributed by atoms with Gasteiger partial charge in [-0.2, -0.15) is 0 Å². The van der Waals surface area contributed by atoms with Crippen LogP contribution in [0.5, 0.6) is 0 Å². The Labute approximate surface area is 161 Å². The number of rotatable bonds is 4. The number of carbonyl (C=O) groups is 1. The monoisotopic (exact) mass is 370 g/mol. The van der Waals surface area contributed by atoms with Crippen molar-refractivity contribution < 1.29 is 14.8 Å². The lowest BCUT2D eigenvalue weighted by atomic mass is 9.47. The van der Waals surface area contributed by atoms with E-state index >= 15 is 0 Å². The van der Waals surface area contributed by atoms with Gasteiger partial charge in [0.1, 0.15) is 6.54 Å². The van der Waals surface area contributed by atoms with Gasteiger partial charge in [0, 0.05) is 24.4 Å². The molecule has 4 saturated carbocycles. The summed E-state index contributed by atoms with van der Waals surface area (Å²) in [6, 6.07) is 4.17. The molecule has 5 nitrogen and oxygen atoms in total. The van der Waals surface area contributed by atoms with E-state index in [-0.39, 0.29) is 5.41 Å². The summed E-state index contributed by atoms with van der Waals surface area (Å²) in [5, 5.41) is 10.9. The molecule has 1 aliphatic heterocycles. The maximum atomic E-state index is 13.1. The van der Waals surface area contributed by atoms with E-state index in [9.17, 15) is 9.90 Å². The van der Waals surface area contributed by atoms with Crippen molar-refractivity contribution in [1.29, 1.82) is 0 Å². The Bertz CT molecular complexity index is 685. The zero-order valence-electron chi connectivity index (χ0n) is 16.2. The summed E-state index contributed by atoms with van der Waals surface area (Å²) >= 11 is 0. The first-order chi connectivity index (χ1) is 13.0. The Morgan fingerprint density at radius 3 is 2.44 bits per heavy atom. The summed E-state index contributed by atoms with van der Waals surface area (Å²) < 4.78 is 0. The molecule has 5 aliphatic rings. The molecule has 2 N–H and O–H groups in total. The smallest absolute Gasteiger partial charge is 0.223 e. The van der Waals surface area contributed by atoms with Crippen LogP contribution in [-0.4, -0.2) is 52.7 Å². The number of nitrogens with zero attached hydrogens (tertiary/aromatic N) is 2. The molecule has 0 radical (unpaired) electrons. The highest BCUT2D eigenvalue weighted by Gasteiger charge is 2.57. The lowest BCUT2D eigenvalue weighted by Crippen LogP contribution is -3.13. The summed E-state index contributed by atoms with van der Waals surface area (Å²) in [6.07, 6.45) is 10.8. The van der Waals surface area contributed by atoms with Crippen LogP contribution in [0.1, 0.15) is 50.5 Å². The van der Waals surface area contributed by atoms with Gasteiger partial charge in [-0.15, -0.1) is 0 Å². The molecule has 2 unspecified atom stereocenters. The van der Waals surface area contributed by atoms with Crippen LogP contribution in [0.4, 0.5) is 0 Å². The minimum atomic E-state index is -0.461. The Hall–Kier alpha value is -1.46. The van der Waals surface area contributed by atoms with Crippen molar-refractivity contribution in [3.8, 4) is 0 Å². The number of amides is 1. The van der Waals surface area contributed by atoms with Crippen molar-refractivity contribution in [2.75, 3.05) is 26.2 Å². The van der Waals surface area contributed by atoms with E-state index in [0.29, 0.717) is 24.2 Å². The largest absolute Gasteiger partial charge is 0.390 e. The fourth-order valence-electron chi connectivity index (χ4n) is 7.08. The molecule has 6 rings (SSSR count). The van der Waals surface area contributed by atoms with Crippen LogP contribution in [-0.2, 0) is 11.3 Å². The molecule has 5 heteroatoms. The minimum absolute atomic E-state index is 0.0942. The van der Waals surface area contributed by atoms with E-state index < -0.39 is 5.60 Å². The summed E-state index contributed by atoms with van der Waals surface area (Å²) in [6.45, 7) is 4.80. The second kappa shape index (κ2) is 6.56. The third kappa shape index (κ3) is 3.52. The van der Waals surface area contributed by atoms with Crippen LogP contribution < -0.4 is 4.90 Å². The van der Waals surface area contributed by atoms with Crippen molar-refractivity contribution in [2.45, 2.75) is 57.1 Å². The quantitative estimate of drug-likeness (QED) is 0.832. The van der Waals surface area contributed by atoms with Gasteiger partial charge in [0.05, 0.1) is 31.8 Å². The first-order valence-electron chi connectivity index (χ1n) is 10.7. The molecule has 4 aliphatic carbocycles. The number of aliphatic hydroxyl groups is 1. The number of hydrogen-bond acceptors (Lipinski definition) is 3. The molecule has 1 saturated heterocycles. The molecular weight excluding hydrogens is 338 g/mol. The van der Waals surface area contributed by atoms with E-state index in [4.69, 9.17) is 0 Å². The van der Waals surface area contributed by atoms with Crippen LogP contribution >= 0.6 is 0 Å². The number of nitrogens with one attached hydrogen (secondary N) is 1.